The van der Waals surface area contributed by atoms with Crippen molar-refractivity contribution in [1.29, 1.82) is 0 Å². The second kappa shape index (κ2) is 10.9. The zero-order chi connectivity index (χ0) is 19.5. The molecule has 0 atom stereocenters. The Hall–Kier alpha value is -2.09. The lowest BCUT2D eigenvalue weighted by atomic mass is 10.0. The van der Waals surface area contributed by atoms with Gasteiger partial charge in [-0.15, -0.1) is 0 Å². The largest absolute Gasteiger partial charge is 0.383 e. The Kier molecular flexibility index (Phi) is 8.57. The van der Waals surface area contributed by atoms with Crippen molar-refractivity contribution < 1.29 is 18.5 Å². The Morgan fingerprint density at radius 2 is 1.52 bits per heavy atom. The SMILES string of the molecule is CCCCCCCCS(=O)(=O)Nc1ccccc1-c1ccccc1ONO. The Morgan fingerprint density at radius 3 is 2.26 bits per heavy atom. The van der Waals surface area contributed by atoms with E-state index in [4.69, 9.17) is 10.0 Å². The van der Waals surface area contributed by atoms with E-state index in [0.29, 0.717) is 29.0 Å². The van der Waals surface area contributed by atoms with E-state index in [9.17, 15) is 8.42 Å². The second-order valence-corrected chi connectivity index (χ2v) is 8.27. The van der Waals surface area contributed by atoms with Crippen molar-refractivity contribution >= 4 is 15.7 Å². The summed E-state index contributed by atoms with van der Waals surface area (Å²) in [5.74, 6) is 0.492. The maximum atomic E-state index is 12.5. The van der Waals surface area contributed by atoms with E-state index in [-0.39, 0.29) is 5.75 Å². The highest BCUT2D eigenvalue weighted by atomic mass is 32.2. The number of benzene rings is 2. The molecule has 2 aromatic carbocycles. The predicted octanol–water partition coefficient (Wildman–Crippen LogP) is 4.73. The van der Waals surface area contributed by atoms with Gasteiger partial charge in [0.2, 0.25) is 10.0 Å². The molecule has 0 spiro atoms. The van der Waals surface area contributed by atoms with E-state index in [1.807, 2.05) is 18.2 Å². The van der Waals surface area contributed by atoms with Gasteiger partial charge >= 0.3 is 0 Å². The minimum Gasteiger partial charge on any atom is -0.383 e. The summed E-state index contributed by atoms with van der Waals surface area (Å²) in [4.78, 5) is 5.02. The van der Waals surface area contributed by atoms with Gasteiger partial charge in [-0.25, -0.2) is 8.42 Å². The summed E-state index contributed by atoms with van der Waals surface area (Å²) in [7, 11) is -3.44. The molecule has 0 aliphatic carbocycles. The Bertz CT molecular complexity index is 809. The third-order valence-corrected chi connectivity index (χ3v) is 5.65. The molecule has 0 saturated heterocycles. The molecular formula is C20H28N2O4S. The topological polar surface area (TPSA) is 87.7 Å². The summed E-state index contributed by atoms with van der Waals surface area (Å²) < 4.78 is 27.7. The second-order valence-electron chi connectivity index (χ2n) is 6.42. The predicted molar refractivity (Wildman–Crippen MR) is 108 cm³/mol. The van der Waals surface area contributed by atoms with Gasteiger partial charge in [0.1, 0.15) is 0 Å². The molecule has 3 N–H and O–H groups in total. The summed E-state index contributed by atoms with van der Waals surface area (Å²) >= 11 is 0. The molecule has 2 rings (SSSR count). The van der Waals surface area contributed by atoms with E-state index in [0.717, 1.165) is 19.3 Å². The van der Waals surface area contributed by atoms with Crippen LogP contribution in [0, 0.1) is 0 Å². The number of nitrogens with one attached hydrogen (secondary N) is 2. The Morgan fingerprint density at radius 1 is 0.889 bits per heavy atom. The zero-order valence-electron chi connectivity index (χ0n) is 15.6. The summed E-state index contributed by atoms with van der Waals surface area (Å²) in [5, 5.41) is 8.84. The molecule has 27 heavy (non-hydrogen) atoms. The summed E-state index contributed by atoms with van der Waals surface area (Å²) in [6, 6.07) is 14.2. The molecule has 0 radical (unpaired) electrons. The highest BCUT2D eigenvalue weighted by Crippen LogP contribution is 2.35. The van der Waals surface area contributed by atoms with Crippen molar-refractivity contribution in [3.63, 3.8) is 0 Å². The van der Waals surface area contributed by atoms with Gasteiger partial charge in [0.15, 0.2) is 5.75 Å². The van der Waals surface area contributed by atoms with Crippen LogP contribution in [0.25, 0.3) is 11.1 Å². The quantitative estimate of drug-likeness (QED) is 0.359. The van der Waals surface area contributed by atoms with Crippen molar-refractivity contribution in [2.75, 3.05) is 10.5 Å². The van der Waals surface area contributed by atoms with Crippen LogP contribution in [0.1, 0.15) is 45.4 Å². The van der Waals surface area contributed by atoms with Crippen LogP contribution in [0.5, 0.6) is 5.75 Å². The van der Waals surface area contributed by atoms with E-state index in [1.165, 1.54) is 12.8 Å². The minimum absolute atomic E-state index is 0.101. The number of sulfonamides is 1. The monoisotopic (exact) mass is 392 g/mol. The highest BCUT2D eigenvalue weighted by molar-refractivity contribution is 7.92. The van der Waals surface area contributed by atoms with Crippen molar-refractivity contribution in [2.24, 2.45) is 0 Å². The molecule has 0 bridgehead atoms. The minimum atomic E-state index is -3.44. The zero-order valence-corrected chi connectivity index (χ0v) is 16.5. The maximum absolute atomic E-state index is 12.5. The van der Waals surface area contributed by atoms with Gasteiger partial charge in [-0.1, -0.05) is 75.4 Å². The Balaban J connectivity index is 2.09. The lowest BCUT2D eigenvalue weighted by molar-refractivity contribution is -0.0431. The van der Waals surface area contributed by atoms with Gasteiger partial charge in [-0.3, -0.25) is 9.93 Å². The number of para-hydroxylation sites is 2. The van der Waals surface area contributed by atoms with E-state index in [2.05, 4.69) is 11.6 Å². The van der Waals surface area contributed by atoms with Crippen LogP contribution in [0.4, 0.5) is 5.69 Å². The standard InChI is InChI=1S/C20H28N2O4S/c1-2-3-4-5-6-11-16-27(24,25)21-19-14-9-7-12-17(19)18-13-8-10-15-20(18)26-22-23/h7-10,12-15,21-23H,2-6,11,16H2,1H3. The van der Waals surface area contributed by atoms with Crippen LogP contribution in [-0.4, -0.2) is 19.4 Å². The smallest absolute Gasteiger partial charge is 0.232 e. The fourth-order valence-corrected chi connectivity index (χ4v) is 4.12. The molecule has 0 aliphatic rings. The molecule has 0 saturated carbocycles. The first-order chi connectivity index (χ1) is 13.1. The summed E-state index contributed by atoms with van der Waals surface area (Å²) in [5.41, 5.74) is 3.50. The first-order valence-electron chi connectivity index (χ1n) is 9.32. The number of hydrogen-bond donors (Lipinski definition) is 3. The number of rotatable bonds is 12. The number of hydrogen-bond acceptors (Lipinski definition) is 5. The van der Waals surface area contributed by atoms with Gasteiger partial charge in [-0.2, -0.15) is 0 Å². The van der Waals surface area contributed by atoms with Crippen LogP contribution in [-0.2, 0) is 10.0 Å². The van der Waals surface area contributed by atoms with Crippen LogP contribution in [0.15, 0.2) is 48.5 Å². The summed E-state index contributed by atoms with van der Waals surface area (Å²) in [6.45, 7) is 2.16. The normalized spacial score (nSPS) is 11.3. The maximum Gasteiger partial charge on any atom is 0.232 e. The number of unbranched alkanes of at least 4 members (excludes halogenated alkanes) is 5. The van der Waals surface area contributed by atoms with E-state index >= 15 is 0 Å². The van der Waals surface area contributed by atoms with Crippen molar-refractivity contribution in [3.05, 3.63) is 48.5 Å². The van der Waals surface area contributed by atoms with Gasteiger partial charge in [0, 0.05) is 11.1 Å². The van der Waals surface area contributed by atoms with Crippen molar-refractivity contribution in [2.45, 2.75) is 45.4 Å². The van der Waals surface area contributed by atoms with Gasteiger partial charge < -0.3 is 4.84 Å². The highest BCUT2D eigenvalue weighted by Gasteiger charge is 2.15. The molecule has 6 nitrogen and oxygen atoms in total. The summed E-state index contributed by atoms with van der Waals surface area (Å²) in [6.07, 6.45) is 6.16. The first-order valence-corrected chi connectivity index (χ1v) is 11.0. The van der Waals surface area contributed by atoms with Gasteiger partial charge in [-0.05, 0) is 24.2 Å². The molecule has 0 fully saturated rings. The molecule has 0 heterocycles. The van der Waals surface area contributed by atoms with Crippen LogP contribution in [0.2, 0.25) is 0 Å². The molecule has 0 aliphatic heterocycles. The molecule has 2 aromatic rings. The molecule has 7 heteroatoms. The van der Waals surface area contributed by atoms with E-state index in [1.54, 1.807) is 36.0 Å². The number of anilines is 1. The van der Waals surface area contributed by atoms with Crippen LogP contribution < -0.4 is 15.2 Å². The molecule has 0 aromatic heterocycles. The third kappa shape index (κ3) is 6.86. The van der Waals surface area contributed by atoms with Crippen LogP contribution in [0.3, 0.4) is 0 Å². The van der Waals surface area contributed by atoms with Crippen LogP contribution >= 0.6 is 0 Å². The molecular weight excluding hydrogens is 364 g/mol. The molecule has 0 amide bonds. The fourth-order valence-electron chi connectivity index (χ4n) is 2.93. The molecule has 0 unspecified atom stereocenters. The lowest BCUT2D eigenvalue weighted by Gasteiger charge is -2.15. The Labute approximate surface area is 161 Å². The first kappa shape index (κ1) is 21.2. The van der Waals surface area contributed by atoms with E-state index < -0.39 is 10.0 Å². The van der Waals surface area contributed by atoms with Gasteiger partial charge in [0.25, 0.3) is 0 Å². The molecule has 148 valence electrons. The fraction of sp³-hybridized carbons (Fsp3) is 0.400. The van der Waals surface area contributed by atoms with Crippen molar-refractivity contribution in [1.82, 2.24) is 5.64 Å². The lowest BCUT2D eigenvalue weighted by Crippen LogP contribution is -2.17. The average Bonchev–Trinajstić information content (AvgIpc) is 2.66. The third-order valence-electron chi connectivity index (χ3n) is 4.29. The van der Waals surface area contributed by atoms with Gasteiger partial charge in [0.05, 0.1) is 11.4 Å². The van der Waals surface area contributed by atoms with Crippen molar-refractivity contribution in [3.8, 4) is 16.9 Å². The average molecular weight is 393 g/mol.